The molecule has 13 heteroatoms. The molecule has 1 aliphatic rings. The molecule has 269 valence electrons. The summed E-state index contributed by atoms with van der Waals surface area (Å²) >= 11 is 0. The first-order chi connectivity index (χ1) is 18.5. The number of unbranched alkanes of at least 4 members (excludes halogenated alkanes) is 12. The first-order valence-corrected chi connectivity index (χ1v) is 15.8. The molecule has 0 unspecified atom stereocenters. The summed E-state index contributed by atoms with van der Waals surface area (Å²) in [5, 5.41) is 33.7. The van der Waals surface area contributed by atoms with Gasteiger partial charge in [0.1, 0.15) is 0 Å². The monoisotopic (exact) mass is 677 g/mol. The van der Waals surface area contributed by atoms with Gasteiger partial charge >= 0.3 is 17.1 Å². The molecule has 0 spiro atoms. The molecule has 1 aliphatic heterocycles. The van der Waals surface area contributed by atoms with E-state index in [1.807, 2.05) is 0 Å². The Balaban J connectivity index is -0.0000000859. The predicted molar refractivity (Wildman–Crippen MR) is 170 cm³/mol. The van der Waals surface area contributed by atoms with E-state index >= 15 is 0 Å². The summed E-state index contributed by atoms with van der Waals surface area (Å²) in [6.45, 7) is 13.3. The minimum Gasteiger partial charge on any atom is -0.550 e. The minimum absolute atomic E-state index is 0. The van der Waals surface area contributed by atoms with E-state index in [0.717, 1.165) is 78.0 Å². The Morgan fingerprint density at radius 3 is 0.907 bits per heavy atom. The van der Waals surface area contributed by atoms with Crippen LogP contribution in [0.5, 0.6) is 0 Å². The van der Waals surface area contributed by atoms with Crippen molar-refractivity contribution in [1.29, 1.82) is 0 Å². The smallest absolute Gasteiger partial charge is 0.550 e. The Labute approximate surface area is 273 Å². The van der Waals surface area contributed by atoms with E-state index in [-0.39, 0.29) is 51.8 Å². The Morgan fingerprint density at radius 1 is 0.442 bits per heavy atom. The van der Waals surface area contributed by atoms with Gasteiger partial charge in [-0.1, -0.05) is 90.9 Å². The zero-order chi connectivity index (χ0) is 28.4. The summed E-state index contributed by atoms with van der Waals surface area (Å²) in [6.07, 6.45) is 19.1. The summed E-state index contributed by atoms with van der Waals surface area (Å²) in [6, 6.07) is 0. The number of carbonyl (C=O) groups is 2. The van der Waals surface area contributed by atoms with E-state index in [9.17, 15) is 19.8 Å². The van der Waals surface area contributed by atoms with Crippen LogP contribution in [0.25, 0.3) is 0 Å². The summed E-state index contributed by atoms with van der Waals surface area (Å²) < 4.78 is 0. The second kappa shape index (κ2) is 53.7. The van der Waals surface area contributed by atoms with E-state index in [2.05, 4.69) is 35.1 Å². The Hall–Kier alpha value is -0.861. The summed E-state index contributed by atoms with van der Waals surface area (Å²) in [7, 11) is 0. The number of hydrogen-bond acceptors (Lipinski definition) is 8. The predicted octanol–water partition coefficient (Wildman–Crippen LogP) is -0.409. The zero-order valence-electron chi connectivity index (χ0n) is 27.3. The SMILES string of the molecule is C1CNCCNCCCNCCNC1.CCCCCCCCCC(=O)[O-].CCCCCCCCCC(=O)[O-].O.O.O.O.[Cu+2]. The van der Waals surface area contributed by atoms with Crippen LogP contribution in [-0.2, 0) is 26.7 Å². The molecule has 1 rings (SSSR count). The molecule has 0 amide bonds. The van der Waals surface area contributed by atoms with Gasteiger partial charge in [-0.2, -0.15) is 0 Å². The maximum Gasteiger partial charge on any atom is 2.00 e. The molecule has 0 aromatic rings. The first-order valence-electron chi connectivity index (χ1n) is 15.8. The van der Waals surface area contributed by atoms with Crippen molar-refractivity contribution in [3.05, 3.63) is 0 Å². The molecule has 0 bridgehead atoms. The molecule has 12 nitrogen and oxygen atoms in total. The molecule has 1 radical (unpaired) electrons. The number of aliphatic carboxylic acids is 2. The molecular formula is C30H70CuN4O8. The van der Waals surface area contributed by atoms with Crippen molar-refractivity contribution in [2.75, 3.05) is 52.4 Å². The van der Waals surface area contributed by atoms with Crippen LogP contribution in [0.3, 0.4) is 0 Å². The van der Waals surface area contributed by atoms with Gasteiger partial charge in [0.25, 0.3) is 0 Å². The molecule has 0 aromatic carbocycles. The van der Waals surface area contributed by atoms with Crippen LogP contribution in [0.1, 0.15) is 129 Å². The zero-order valence-corrected chi connectivity index (χ0v) is 28.3. The molecule has 43 heavy (non-hydrogen) atoms. The van der Waals surface area contributed by atoms with Crippen LogP contribution in [0.4, 0.5) is 0 Å². The minimum atomic E-state index is -0.913. The fraction of sp³-hybridized carbons (Fsp3) is 0.933. The number of carboxylic acids is 2. The maximum atomic E-state index is 10.0. The summed E-state index contributed by atoms with van der Waals surface area (Å²) in [5.41, 5.74) is 0. The standard InChI is InChI=1S/C10H24N4.2C10H20O2.Cu.4H2O/c1-3-11-7-9-13-5-2-6-14-10-8-12-4-1;2*1-2-3-4-5-6-7-8-9-10(11)12;;;;;/h11-14H,1-10H2;2*2-9H2,1H3,(H,11,12);;4*1H2/q;;;+2;;;;/p-2. The van der Waals surface area contributed by atoms with Gasteiger partial charge in [0.2, 0.25) is 0 Å². The van der Waals surface area contributed by atoms with Gasteiger partial charge in [0.15, 0.2) is 0 Å². The molecular weight excluding hydrogens is 608 g/mol. The second-order valence-electron chi connectivity index (χ2n) is 10.2. The van der Waals surface area contributed by atoms with Crippen molar-refractivity contribution in [3.63, 3.8) is 0 Å². The van der Waals surface area contributed by atoms with Crippen molar-refractivity contribution in [2.45, 2.75) is 129 Å². The number of nitrogens with one attached hydrogen (secondary N) is 4. The molecule has 0 atom stereocenters. The summed E-state index contributed by atoms with van der Waals surface area (Å²) in [5.74, 6) is -1.83. The van der Waals surface area contributed by atoms with Gasteiger partial charge in [-0.3, -0.25) is 0 Å². The van der Waals surface area contributed by atoms with Crippen LogP contribution < -0.4 is 31.5 Å². The van der Waals surface area contributed by atoms with Crippen molar-refractivity contribution in [1.82, 2.24) is 21.3 Å². The Kier molecular flexibility index (Phi) is 72.1. The third-order valence-corrected chi connectivity index (χ3v) is 6.34. The molecule has 1 fully saturated rings. The van der Waals surface area contributed by atoms with Crippen molar-refractivity contribution in [3.8, 4) is 0 Å². The van der Waals surface area contributed by atoms with E-state index < -0.39 is 11.9 Å². The normalized spacial score (nSPS) is 13.4. The van der Waals surface area contributed by atoms with Gasteiger partial charge in [0.05, 0.1) is 0 Å². The van der Waals surface area contributed by atoms with Crippen LogP contribution in [-0.4, -0.2) is 86.2 Å². The molecule has 0 saturated carbocycles. The van der Waals surface area contributed by atoms with E-state index in [1.54, 1.807) is 0 Å². The quantitative estimate of drug-likeness (QED) is 0.123. The Bertz CT molecular complexity index is 418. The largest absolute Gasteiger partial charge is 2.00 e. The van der Waals surface area contributed by atoms with Gasteiger partial charge in [-0.25, -0.2) is 0 Å². The topological polar surface area (TPSA) is 254 Å². The fourth-order valence-electron chi connectivity index (χ4n) is 3.98. The van der Waals surface area contributed by atoms with E-state index in [0.29, 0.717) is 0 Å². The van der Waals surface area contributed by atoms with E-state index in [1.165, 1.54) is 77.0 Å². The van der Waals surface area contributed by atoms with Gasteiger partial charge in [0, 0.05) is 38.1 Å². The molecule has 1 saturated heterocycles. The van der Waals surface area contributed by atoms with Gasteiger partial charge in [-0.15, -0.1) is 0 Å². The average molecular weight is 678 g/mol. The van der Waals surface area contributed by atoms with Crippen molar-refractivity contribution < 1.29 is 58.8 Å². The second-order valence-corrected chi connectivity index (χ2v) is 10.2. The third kappa shape index (κ3) is 65.0. The Morgan fingerprint density at radius 2 is 0.674 bits per heavy atom. The van der Waals surface area contributed by atoms with Crippen molar-refractivity contribution in [2.24, 2.45) is 0 Å². The fourth-order valence-corrected chi connectivity index (χ4v) is 3.98. The van der Waals surface area contributed by atoms with Gasteiger partial charge in [-0.05, 0) is 64.7 Å². The average Bonchev–Trinajstić information content (AvgIpc) is 2.89. The molecule has 12 N–H and O–H groups in total. The third-order valence-electron chi connectivity index (χ3n) is 6.34. The number of rotatable bonds is 16. The number of hydrogen-bond donors (Lipinski definition) is 4. The van der Waals surface area contributed by atoms with Crippen LogP contribution >= 0.6 is 0 Å². The maximum absolute atomic E-state index is 10.0. The van der Waals surface area contributed by atoms with Crippen LogP contribution in [0.15, 0.2) is 0 Å². The molecule has 0 aromatic heterocycles. The summed E-state index contributed by atoms with van der Waals surface area (Å²) in [4.78, 5) is 20.0. The van der Waals surface area contributed by atoms with Crippen LogP contribution in [0, 0.1) is 0 Å². The first kappa shape index (κ1) is 57.8. The molecule has 0 aliphatic carbocycles. The van der Waals surface area contributed by atoms with Crippen LogP contribution in [0.2, 0.25) is 0 Å². The number of carbonyl (C=O) groups excluding carboxylic acids is 2. The number of carboxylic acid groups (broad SMARTS) is 2. The van der Waals surface area contributed by atoms with Gasteiger partial charge < -0.3 is 63.0 Å². The van der Waals surface area contributed by atoms with Crippen molar-refractivity contribution >= 4 is 11.9 Å². The van der Waals surface area contributed by atoms with E-state index in [4.69, 9.17) is 0 Å². The molecule has 1 heterocycles.